The number of para-hydroxylation sites is 1. The van der Waals surface area contributed by atoms with Crippen molar-refractivity contribution in [1.82, 2.24) is 20.5 Å². The minimum atomic E-state index is -0.437. The number of amides is 3. The van der Waals surface area contributed by atoms with Crippen molar-refractivity contribution in [3.05, 3.63) is 36.0 Å². The fraction of sp³-hybridized carbons (Fsp3) is 0.421. The van der Waals surface area contributed by atoms with Crippen LogP contribution in [0.3, 0.4) is 0 Å². The number of rotatable bonds is 5. The van der Waals surface area contributed by atoms with E-state index >= 15 is 0 Å². The molecule has 3 N–H and O–H groups in total. The molecule has 0 spiro atoms. The van der Waals surface area contributed by atoms with Crippen LogP contribution in [-0.2, 0) is 20.8 Å². The lowest BCUT2D eigenvalue weighted by atomic mass is 10.1. The van der Waals surface area contributed by atoms with Gasteiger partial charge in [-0.1, -0.05) is 18.2 Å². The second kappa shape index (κ2) is 6.82. The first kappa shape index (κ1) is 16.6. The number of piperazine rings is 1. The van der Waals surface area contributed by atoms with Crippen molar-refractivity contribution < 1.29 is 14.4 Å². The smallest absolute Gasteiger partial charge is 0.243 e. The number of aromatic amines is 1. The van der Waals surface area contributed by atoms with Crippen LogP contribution in [0.25, 0.3) is 10.9 Å². The van der Waals surface area contributed by atoms with Crippen LogP contribution in [0.1, 0.15) is 24.8 Å². The lowest BCUT2D eigenvalue weighted by Crippen LogP contribution is -2.55. The van der Waals surface area contributed by atoms with Crippen molar-refractivity contribution in [2.24, 2.45) is 0 Å². The zero-order valence-electron chi connectivity index (χ0n) is 14.5. The van der Waals surface area contributed by atoms with E-state index in [1.807, 2.05) is 24.4 Å². The monoisotopic (exact) mass is 354 g/mol. The highest BCUT2D eigenvalue weighted by Crippen LogP contribution is 2.21. The average Bonchev–Trinajstić information content (AvgIpc) is 3.24. The number of hydrogen-bond acceptors (Lipinski definition) is 3. The molecule has 0 unspecified atom stereocenters. The molecule has 1 aromatic carbocycles. The van der Waals surface area contributed by atoms with Gasteiger partial charge >= 0.3 is 0 Å². The van der Waals surface area contributed by atoms with Crippen molar-refractivity contribution in [3.63, 3.8) is 0 Å². The zero-order valence-corrected chi connectivity index (χ0v) is 14.5. The Labute approximate surface area is 151 Å². The molecule has 2 fully saturated rings. The Morgan fingerprint density at radius 3 is 2.96 bits per heavy atom. The second-order valence-corrected chi connectivity index (χ2v) is 6.99. The molecule has 0 radical (unpaired) electrons. The van der Waals surface area contributed by atoms with Gasteiger partial charge in [-0.2, -0.15) is 0 Å². The molecule has 0 saturated carbocycles. The van der Waals surface area contributed by atoms with Gasteiger partial charge in [0.2, 0.25) is 17.7 Å². The van der Waals surface area contributed by atoms with Crippen molar-refractivity contribution in [1.29, 1.82) is 0 Å². The maximum absolute atomic E-state index is 12.2. The summed E-state index contributed by atoms with van der Waals surface area (Å²) in [7, 11) is 0. The van der Waals surface area contributed by atoms with Gasteiger partial charge in [0, 0.05) is 36.1 Å². The van der Waals surface area contributed by atoms with E-state index in [0.717, 1.165) is 18.4 Å². The number of benzene rings is 1. The topological polar surface area (TPSA) is 94.3 Å². The van der Waals surface area contributed by atoms with Crippen LogP contribution in [0, 0.1) is 0 Å². The summed E-state index contributed by atoms with van der Waals surface area (Å²) in [5, 5.41) is 6.77. The van der Waals surface area contributed by atoms with E-state index in [1.165, 1.54) is 10.9 Å². The van der Waals surface area contributed by atoms with Gasteiger partial charge < -0.3 is 20.5 Å². The van der Waals surface area contributed by atoms with Crippen LogP contribution in [0.15, 0.2) is 30.5 Å². The quantitative estimate of drug-likeness (QED) is 0.738. The van der Waals surface area contributed by atoms with Gasteiger partial charge in [0.05, 0.1) is 6.54 Å². The molecule has 26 heavy (non-hydrogen) atoms. The van der Waals surface area contributed by atoms with E-state index in [0.29, 0.717) is 19.4 Å². The summed E-state index contributed by atoms with van der Waals surface area (Å²) < 4.78 is 0. The number of nitrogens with one attached hydrogen (secondary N) is 3. The molecule has 3 amide bonds. The molecule has 1 aromatic heterocycles. The minimum Gasteiger partial charge on any atom is -0.361 e. The Hall–Kier alpha value is -2.83. The van der Waals surface area contributed by atoms with E-state index < -0.39 is 6.04 Å². The molecule has 136 valence electrons. The van der Waals surface area contributed by atoms with Gasteiger partial charge in [0.1, 0.15) is 6.04 Å². The highest BCUT2D eigenvalue weighted by atomic mass is 16.2. The van der Waals surface area contributed by atoms with Crippen LogP contribution >= 0.6 is 0 Å². The fourth-order valence-electron chi connectivity index (χ4n) is 3.92. The van der Waals surface area contributed by atoms with Crippen molar-refractivity contribution in [2.75, 3.05) is 13.1 Å². The summed E-state index contributed by atoms with van der Waals surface area (Å²) in [6, 6.07) is 7.55. The highest BCUT2D eigenvalue weighted by molar-refractivity contribution is 5.95. The van der Waals surface area contributed by atoms with Crippen LogP contribution < -0.4 is 10.6 Å². The first-order valence-electron chi connectivity index (χ1n) is 9.03. The lowest BCUT2D eigenvalue weighted by molar-refractivity contribution is -0.143. The number of hydrogen-bond donors (Lipinski definition) is 3. The van der Waals surface area contributed by atoms with Crippen LogP contribution in [0.4, 0.5) is 0 Å². The molecule has 7 nitrogen and oxygen atoms in total. The fourth-order valence-corrected chi connectivity index (χ4v) is 3.92. The number of nitrogens with zero attached hydrogens (tertiary/aromatic N) is 1. The normalized spacial score (nSPS) is 22.4. The van der Waals surface area contributed by atoms with Gasteiger partial charge in [0.25, 0.3) is 0 Å². The number of carbonyl (C=O) groups is 3. The molecule has 2 aliphatic rings. The molecule has 2 aliphatic heterocycles. The van der Waals surface area contributed by atoms with Gasteiger partial charge in [-0.05, 0) is 30.9 Å². The van der Waals surface area contributed by atoms with E-state index in [2.05, 4.69) is 21.7 Å². The highest BCUT2D eigenvalue weighted by Gasteiger charge is 2.42. The third-order valence-corrected chi connectivity index (χ3v) is 5.23. The number of aryl methyl sites for hydroxylation is 1. The number of carbonyl (C=O) groups excluding carboxylic acids is 3. The summed E-state index contributed by atoms with van der Waals surface area (Å²) in [6.07, 6.45) is 4.51. The standard InChI is InChI=1S/C19H22N4O3/c24-17(7-3-4-12-9-20-15-6-2-1-5-14(12)15)22-13-8-16-19(26)21-10-18(25)23(16)11-13/h1-2,5-6,9,13,16,20H,3-4,7-8,10-11H2,(H,21,26)(H,22,24)/t13-,16+/m1/s1. The van der Waals surface area contributed by atoms with E-state index in [-0.39, 0.29) is 30.3 Å². The first-order valence-corrected chi connectivity index (χ1v) is 9.03. The number of fused-ring (bicyclic) bond motifs is 2. The Balaban J connectivity index is 1.27. The lowest BCUT2D eigenvalue weighted by Gasteiger charge is -2.28. The van der Waals surface area contributed by atoms with E-state index in [1.54, 1.807) is 4.90 Å². The largest absolute Gasteiger partial charge is 0.361 e. The molecular formula is C19H22N4O3. The zero-order chi connectivity index (χ0) is 18.1. The third kappa shape index (κ3) is 3.16. The van der Waals surface area contributed by atoms with E-state index in [9.17, 15) is 14.4 Å². The molecule has 4 rings (SSSR count). The van der Waals surface area contributed by atoms with Crippen molar-refractivity contribution in [2.45, 2.75) is 37.8 Å². The summed E-state index contributed by atoms with van der Waals surface area (Å²) in [5.74, 6) is -0.228. The molecule has 3 heterocycles. The summed E-state index contributed by atoms with van der Waals surface area (Å²) in [4.78, 5) is 40.8. The van der Waals surface area contributed by atoms with Crippen molar-refractivity contribution in [3.8, 4) is 0 Å². The van der Waals surface area contributed by atoms with Crippen LogP contribution in [-0.4, -0.2) is 52.8 Å². The van der Waals surface area contributed by atoms with Crippen LogP contribution in [0.2, 0.25) is 0 Å². The molecule has 0 aliphatic carbocycles. The summed E-state index contributed by atoms with van der Waals surface area (Å²) in [5.41, 5.74) is 2.33. The molecule has 2 aromatic rings. The van der Waals surface area contributed by atoms with Gasteiger partial charge in [-0.3, -0.25) is 14.4 Å². The van der Waals surface area contributed by atoms with E-state index in [4.69, 9.17) is 0 Å². The first-order chi connectivity index (χ1) is 12.6. The Morgan fingerprint density at radius 1 is 1.27 bits per heavy atom. The number of aromatic nitrogens is 1. The molecule has 7 heteroatoms. The van der Waals surface area contributed by atoms with Gasteiger partial charge in [-0.15, -0.1) is 0 Å². The molecule has 0 bridgehead atoms. The minimum absolute atomic E-state index is 0.0254. The summed E-state index contributed by atoms with van der Waals surface area (Å²) in [6.45, 7) is 0.478. The predicted molar refractivity (Wildman–Crippen MR) is 96.3 cm³/mol. The average molecular weight is 354 g/mol. The van der Waals surface area contributed by atoms with Gasteiger partial charge in [0.15, 0.2) is 0 Å². The number of H-pyrrole nitrogens is 1. The third-order valence-electron chi connectivity index (χ3n) is 5.23. The second-order valence-electron chi connectivity index (χ2n) is 6.99. The maximum Gasteiger partial charge on any atom is 0.243 e. The predicted octanol–water partition coefficient (Wildman–Crippen LogP) is 0.706. The molecule has 2 atom stereocenters. The SMILES string of the molecule is O=C(CCCc1c[nH]c2ccccc12)N[C@@H]1C[C@H]2C(=O)NCC(=O)N2C1. The summed E-state index contributed by atoms with van der Waals surface area (Å²) >= 11 is 0. The van der Waals surface area contributed by atoms with Crippen LogP contribution in [0.5, 0.6) is 0 Å². The van der Waals surface area contributed by atoms with Crippen molar-refractivity contribution >= 4 is 28.6 Å². The maximum atomic E-state index is 12.2. The molecule has 2 saturated heterocycles. The molecular weight excluding hydrogens is 332 g/mol. The Kier molecular flexibility index (Phi) is 4.36. The Bertz CT molecular complexity index is 835. The van der Waals surface area contributed by atoms with Gasteiger partial charge in [-0.25, -0.2) is 0 Å². The Morgan fingerprint density at radius 2 is 2.12 bits per heavy atom.